The zero-order chi connectivity index (χ0) is 21.0. The molecule has 0 aliphatic carbocycles. The lowest BCUT2D eigenvalue weighted by Gasteiger charge is -2.08. The zero-order valence-electron chi connectivity index (χ0n) is 15.6. The van der Waals surface area contributed by atoms with Crippen LogP contribution in [0.25, 0.3) is 17.5 Å². The molecule has 0 saturated heterocycles. The van der Waals surface area contributed by atoms with Gasteiger partial charge in [-0.1, -0.05) is 29.3 Å². The van der Waals surface area contributed by atoms with Crippen molar-refractivity contribution in [2.75, 3.05) is 7.11 Å². The third-order valence-electron chi connectivity index (χ3n) is 4.02. The number of halogens is 2. The SMILES string of the molecule is CCn1c(S/C(=C/c2ccc(OC)c(Cl)c2)C(=O)O)nnc1-c1ccc(Cl)cc1. The Morgan fingerprint density at radius 2 is 1.93 bits per heavy atom. The van der Waals surface area contributed by atoms with Gasteiger partial charge in [-0.25, -0.2) is 4.79 Å². The van der Waals surface area contributed by atoms with Gasteiger partial charge < -0.3 is 14.4 Å². The number of nitrogens with zero attached hydrogens (tertiary/aromatic N) is 3. The van der Waals surface area contributed by atoms with Crippen LogP contribution in [0.15, 0.2) is 52.5 Å². The Bertz CT molecular complexity index is 1070. The lowest BCUT2D eigenvalue weighted by molar-refractivity contribution is -0.131. The second kappa shape index (κ2) is 9.35. The molecule has 0 aliphatic rings. The Morgan fingerprint density at radius 3 is 2.52 bits per heavy atom. The number of ether oxygens (including phenoxy) is 1. The summed E-state index contributed by atoms with van der Waals surface area (Å²) in [7, 11) is 1.52. The number of rotatable bonds is 7. The number of carbonyl (C=O) groups is 1. The molecule has 3 rings (SSSR count). The summed E-state index contributed by atoms with van der Waals surface area (Å²) in [5.41, 5.74) is 1.49. The van der Waals surface area contributed by atoms with Crippen molar-refractivity contribution in [3.8, 4) is 17.1 Å². The van der Waals surface area contributed by atoms with Crippen molar-refractivity contribution >= 4 is 47.0 Å². The molecule has 150 valence electrons. The van der Waals surface area contributed by atoms with E-state index in [4.69, 9.17) is 27.9 Å². The zero-order valence-corrected chi connectivity index (χ0v) is 17.9. The van der Waals surface area contributed by atoms with E-state index >= 15 is 0 Å². The molecule has 0 fully saturated rings. The molecule has 0 unspecified atom stereocenters. The van der Waals surface area contributed by atoms with E-state index in [2.05, 4.69) is 10.2 Å². The molecule has 6 nitrogen and oxygen atoms in total. The summed E-state index contributed by atoms with van der Waals surface area (Å²) in [6.45, 7) is 2.52. The molecule has 1 heterocycles. The minimum absolute atomic E-state index is 0.0935. The number of hydrogen-bond donors (Lipinski definition) is 1. The molecule has 3 aromatic rings. The van der Waals surface area contributed by atoms with Crippen molar-refractivity contribution in [2.24, 2.45) is 0 Å². The summed E-state index contributed by atoms with van der Waals surface area (Å²) < 4.78 is 6.98. The van der Waals surface area contributed by atoms with Crippen LogP contribution >= 0.6 is 35.0 Å². The van der Waals surface area contributed by atoms with Crippen molar-refractivity contribution in [3.63, 3.8) is 0 Å². The average molecular weight is 450 g/mol. The van der Waals surface area contributed by atoms with Crippen molar-refractivity contribution in [1.82, 2.24) is 14.8 Å². The normalized spacial score (nSPS) is 11.5. The largest absolute Gasteiger partial charge is 0.495 e. The standard InChI is InChI=1S/C20H17Cl2N3O3S/c1-3-25-18(13-5-7-14(21)8-6-13)23-24-20(25)29-17(19(26)27)11-12-4-9-16(28-2)15(22)10-12/h4-11H,3H2,1-2H3,(H,26,27)/b17-11+. The molecule has 0 bridgehead atoms. The highest BCUT2D eigenvalue weighted by molar-refractivity contribution is 8.04. The lowest BCUT2D eigenvalue weighted by Crippen LogP contribution is -2.02. The Labute approximate surface area is 182 Å². The molecule has 2 aromatic carbocycles. The highest BCUT2D eigenvalue weighted by Gasteiger charge is 2.18. The first-order valence-corrected chi connectivity index (χ1v) is 10.2. The monoisotopic (exact) mass is 449 g/mol. The lowest BCUT2D eigenvalue weighted by atomic mass is 10.2. The predicted octanol–water partition coefficient (Wildman–Crippen LogP) is 5.50. The molecular formula is C20H17Cl2N3O3S. The van der Waals surface area contributed by atoms with Crippen LogP contribution in [0, 0.1) is 0 Å². The Balaban J connectivity index is 1.94. The van der Waals surface area contributed by atoms with E-state index in [9.17, 15) is 9.90 Å². The van der Waals surface area contributed by atoms with Crippen LogP contribution in [0.2, 0.25) is 10.0 Å². The first-order valence-electron chi connectivity index (χ1n) is 8.58. The van der Waals surface area contributed by atoms with Crippen molar-refractivity contribution in [3.05, 3.63) is 63.0 Å². The van der Waals surface area contributed by atoms with E-state index in [-0.39, 0.29) is 4.91 Å². The van der Waals surface area contributed by atoms with Crippen LogP contribution in [-0.4, -0.2) is 33.0 Å². The minimum Gasteiger partial charge on any atom is -0.495 e. The van der Waals surface area contributed by atoms with E-state index in [1.807, 2.05) is 23.6 Å². The minimum atomic E-state index is -1.07. The van der Waals surface area contributed by atoms with Gasteiger partial charge in [0.2, 0.25) is 0 Å². The van der Waals surface area contributed by atoms with Crippen LogP contribution in [0.5, 0.6) is 5.75 Å². The first-order chi connectivity index (χ1) is 13.9. The summed E-state index contributed by atoms with van der Waals surface area (Å²) in [5, 5.41) is 19.6. The maximum absolute atomic E-state index is 11.8. The molecule has 0 amide bonds. The van der Waals surface area contributed by atoms with Gasteiger partial charge in [0.05, 0.1) is 12.1 Å². The smallest absolute Gasteiger partial charge is 0.342 e. The second-order valence-corrected chi connectivity index (χ2v) is 7.72. The molecule has 9 heteroatoms. The van der Waals surface area contributed by atoms with Crippen LogP contribution in [0.4, 0.5) is 0 Å². The number of aliphatic carboxylic acids is 1. The van der Waals surface area contributed by atoms with Crippen LogP contribution < -0.4 is 4.74 Å². The third kappa shape index (κ3) is 4.93. The Kier molecular flexibility index (Phi) is 6.84. The molecule has 1 N–H and O–H groups in total. The van der Waals surface area contributed by atoms with Crippen LogP contribution in [-0.2, 0) is 11.3 Å². The van der Waals surface area contributed by atoms with Gasteiger partial charge >= 0.3 is 5.97 Å². The van der Waals surface area contributed by atoms with Gasteiger partial charge in [0.25, 0.3) is 0 Å². The molecule has 0 saturated carbocycles. The highest BCUT2D eigenvalue weighted by atomic mass is 35.5. The summed E-state index contributed by atoms with van der Waals surface area (Å²) in [6.07, 6.45) is 1.54. The highest BCUT2D eigenvalue weighted by Crippen LogP contribution is 2.32. The van der Waals surface area contributed by atoms with Crippen LogP contribution in [0.1, 0.15) is 12.5 Å². The van der Waals surface area contributed by atoms with Gasteiger partial charge in [-0.15, -0.1) is 10.2 Å². The quantitative estimate of drug-likeness (QED) is 0.379. The van der Waals surface area contributed by atoms with E-state index in [0.29, 0.717) is 38.9 Å². The van der Waals surface area contributed by atoms with Crippen molar-refractivity contribution in [1.29, 1.82) is 0 Å². The van der Waals surface area contributed by atoms with E-state index in [1.54, 1.807) is 30.3 Å². The molecule has 0 aliphatic heterocycles. The van der Waals surface area contributed by atoms with E-state index < -0.39 is 5.97 Å². The first kappa shape index (κ1) is 21.2. The number of carboxylic acids is 1. The van der Waals surface area contributed by atoms with Gasteiger partial charge in [-0.3, -0.25) is 0 Å². The second-order valence-electron chi connectivity index (χ2n) is 5.87. The number of thioether (sulfide) groups is 1. The molecule has 0 spiro atoms. The fourth-order valence-electron chi connectivity index (χ4n) is 2.62. The maximum atomic E-state index is 11.8. The van der Waals surface area contributed by atoms with Gasteiger partial charge in [0.1, 0.15) is 10.7 Å². The summed E-state index contributed by atoms with van der Waals surface area (Å²) in [5.74, 6) is 0.0937. The Morgan fingerprint density at radius 1 is 1.21 bits per heavy atom. The molecular weight excluding hydrogens is 433 g/mol. The van der Waals surface area contributed by atoms with Gasteiger partial charge in [-0.05, 0) is 66.7 Å². The van der Waals surface area contributed by atoms with Gasteiger partial charge in [0, 0.05) is 17.1 Å². The molecule has 0 atom stereocenters. The summed E-state index contributed by atoms with van der Waals surface area (Å²) in [6, 6.07) is 12.3. The average Bonchev–Trinajstić information content (AvgIpc) is 3.10. The fourth-order valence-corrected chi connectivity index (χ4v) is 3.90. The number of aromatic nitrogens is 3. The molecule has 29 heavy (non-hydrogen) atoms. The number of carboxylic acid groups (broad SMARTS) is 1. The van der Waals surface area contributed by atoms with E-state index in [1.165, 1.54) is 13.2 Å². The van der Waals surface area contributed by atoms with E-state index in [0.717, 1.165) is 17.3 Å². The number of methoxy groups -OCH3 is 1. The van der Waals surface area contributed by atoms with Crippen molar-refractivity contribution in [2.45, 2.75) is 18.6 Å². The molecule has 1 aromatic heterocycles. The predicted molar refractivity (Wildman–Crippen MR) is 116 cm³/mol. The number of hydrogen-bond acceptors (Lipinski definition) is 5. The van der Waals surface area contributed by atoms with Gasteiger partial charge in [0.15, 0.2) is 11.0 Å². The summed E-state index contributed by atoms with van der Waals surface area (Å²) >= 11 is 13.1. The topological polar surface area (TPSA) is 77.2 Å². The van der Waals surface area contributed by atoms with Crippen molar-refractivity contribution < 1.29 is 14.6 Å². The number of benzene rings is 2. The summed E-state index contributed by atoms with van der Waals surface area (Å²) in [4.78, 5) is 11.9. The van der Waals surface area contributed by atoms with Crippen LogP contribution in [0.3, 0.4) is 0 Å². The maximum Gasteiger partial charge on any atom is 0.342 e. The molecule has 0 radical (unpaired) electrons. The van der Waals surface area contributed by atoms with Gasteiger partial charge in [-0.2, -0.15) is 0 Å². The Hall–Kier alpha value is -2.48. The third-order valence-corrected chi connectivity index (χ3v) is 5.57. The fraction of sp³-hybridized carbons (Fsp3) is 0.150.